The number of allylic oxidation sites excluding steroid dienone is 2. The number of H-pyrrole nitrogens is 1. The van der Waals surface area contributed by atoms with E-state index in [1.54, 1.807) is 31.4 Å². The maximum atomic E-state index is 9.86. The number of nitrogens with zero attached hydrogens (tertiary/aromatic N) is 2. The molecule has 0 saturated heterocycles. The van der Waals surface area contributed by atoms with Gasteiger partial charge in [-0.15, -0.1) is 6.58 Å². The average Bonchev–Trinajstić information content (AvgIpc) is 3.25. The van der Waals surface area contributed by atoms with Gasteiger partial charge in [0.05, 0.1) is 23.7 Å². The highest BCUT2D eigenvalue weighted by Crippen LogP contribution is 2.36. The number of hydrogen-bond acceptors (Lipinski definition) is 4. The Labute approximate surface area is 214 Å². The summed E-state index contributed by atoms with van der Waals surface area (Å²) in [5.41, 5.74) is 5.67. The summed E-state index contributed by atoms with van der Waals surface area (Å²) in [5.74, 6) is 1.64. The van der Waals surface area contributed by atoms with Crippen LogP contribution < -0.4 is 9.47 Å². The number of aromatic nitrogens is 2. The number of rotatable bonds is 8. The molecule has 0 bridgehead atoms. The summed E-state index contributed by atoms with van der Waals surface area (Å²) in [4.78, 5) is 7.82. The second kappa shape index (κ2) is 10.7. The third-order valence-corrected chi connectivity index (χ3v) is 6.04. The lowest BCUT2D eigenvalue weighted by molar-refractivity contribution is 0.282. The summed E-state index contributed by atoms with van der Waals surface area (Å²) >= 11 is 12.3. The zero-order chi connectivity index (χ0) is 24.9. The van der Waals surface area contributed by atoms with Crippen LogP contribution in [0.4, 0.5) is 0 Å². The standard InChI is InChI=1S/C28H23Cl2N3O2/c1-4-5-19-11-18(12-21(15-31)28-32-24-9-6-17(2)10-25(24)33-28)13-26(34-3)27(19)35-16-20-7-8-22(29)14-23(20)30/h4,6-14H,1,5,16H2,2-3H3,(H,32,33)/b21-12-. The molecule has 176 valence electrons. The number of nitriles is 1. The first-order valence-electron chi connectivity index (χ1n) is 10.9. The van der Waals surface area contributed by atoms with E-state index in [4.69, 9.17) is 32.7 Å². The maximum absolute atomic E-state index is 9.86. The van der Waals surface area contributed by atoms with E-state index in [0.29, 0.717) is 39.4 Å². The quantitative estimate of drug-likeness (QED) is 0.199. The average molecular weight is 504 g/mol. The topological polar surface area (TPSA) is 70.9 Å². The molecule has 0 saturated carbocycles. The van der Waals surface area contributed by atoms with Gasteiger partial charge in [0, 0.05) is 21.2 Å². The SMILES string of the molecule is C=CCc1cc(/C=C(/C#N)c2nc3ccc(C)cc3[nH]2)cc(OC)c1OCc1ccc(Cl)cc1Cl. The number of hydrogen-bond donors (Lipinski definition) is 1. The van der Waals surface area contributed by atoms with Crippen molar-refractivity contribution in [2.24, 2.45) is 0 Å². The van der Waals surface area contributed by atoms with Gasteiger partial charge < -0.3 is 14.5 Å². The van der Waals surface area contributed by atoms with E-state index in [0.717, 1.165) is 33.3 Å². The number of imidazole rings is 1. The van der Waals surface area contributed by atoms with E-state index < -0.39 is 0 Å². The van der Waals surface area contributed by atoms with Crippen molar-refractivity contribution in [2.45, 2.75) is 20.0 Å². The van der Waals surface area contributed by atoms with Crippen LogP contribution in [0.5, 0.6) is 11.5 Å². The molecule has 1 aromatic heterocycles. The molecule has 0 aliphatic carbocycles. The zero-order valence-electron chi connectivity index (χ0n) is 19.4. The Kier molecular flexibility index (Phi) is 7.45. The van der Waals surface area contributed by atoms with Crippen molar-refractivity contribution in [2.75, 3.05) is 7.11 Å². The van der Waals surface area contributed by atoms with Crippen LogP contribution in [0, 0.1) is 18.3 Å². The molecular weight excluding hydrogens is 481 g/mol. The molecule has 0 radical (unpaired) electrons. The van der Waals surface area contributed by atoms with Crippen LogP contribution in [0.2, 0.25) is 10.0 Å². The van der Waals surface area contributed by atoms with Gasteiger partial charge in [-0.3, -0.25) is 0 Å². The number of benzene rings is 3. The molecule has 4 rings (SSSR count). The van der Waals surface area contributed by atoms with E-state index in [9.17, 15) is 5.26 Å². The van der Waals surface area contributed by atoms with Crippen molar-refractivity contribution in [3.63, 3.8) is 0 Å². The first-order chi connectivity index (χ1) is 16.9. The van der Waals surface area contributed by atoms with Gasteiger partial charge in [0.1, 0.15) is 18.5 Å². The molecule has 3 aromatic carbocycles. The molecule has 1 heterocycles. The normalized spacial score (nSPS) is 11.3. The van der Waals surface area contributed by atoms with Crippen LogP contribution in [0.1, 0.15) is 28.1 Å². The maximum Gasteiger partial charge on any atom is 0.165 e. The molecule has 0 aliphatic rings. The highest BCUT2D eigenvalue weighted by Gasteiger charge is 2.15. The Morgan fingerprint density at radius 1 is 1.14 bits per heavy atom. The van der Waals surface area contributed by atoms with Gasteiger partial charge in [0.2, 0.25) is 0 Å². The Bertz CT molecular complexity index is 1480. The lowest BCUT2D eigenvalue weighted by Crippen LogP contribution is -2.02. The molecule has 0 unspecified atom stereocenters. The number of aromatic amines is 1. The summed E-state index contributed by atoms with van der Waals surface area (Å²) in [6.07, 6.45) is 4.12. The van der Waals surface area contributed by atoms with Crippen molar-refractivity contribution in [1.29, 1.82) is 5.26 Å². The highest BCUT2D eigenvalue weighted by atomic mass is 35.5. The largest absolute Gasteiger partial charge is 0.493 e. The van der Waals surface area contributed by atoms with Crippen LogP contribution in [0.3, 0.4) is 0 Å². The minimum Gasteiger partial charge on any atom is -0.493 e. The first kappa shape index (κ1) is 24.4. The van der Waals surface area contributed by atoms with Crippen LogP contribution in [0.15, 0.2) is 61.2 Å². The Morgan fingerprint density at radius 3 is 2.69 bits per heavy atom. The molecule has 1 N–H and O–H groups in total. The number of nitrogens with one attached hydrogen (secondary N) is 1. The third kappa shape index (κ3) is 5.51. The van der Waals surface area contributed by atoms with Crippen molar-refractivity contribution in [3.05, 3.63) is 99.3 Å². The molecule has 0 aliphatic heterocycles. The lowest BCUT2D eigenvalue weighted by Gasteiger charge is -2.16. The van der Waals surface area contributed by atoms with Crippen molar-refractivity contribution in [3.8, 4) is 17.6 Å². The monoisotopic (exact) mass is 503 g/mol. The van der Waals surface area contributed by atoms with Crippen molar-refractivity contribution >= 4 is 45.9 Å². The van der Waals surface area contributed by atoms with E-state index >= 15 is 0 Å². The number of methoxy groups -OCH3 is 1. The van der Waals surface area contributed by atoms with Crippen LogP contribution in [-0.4, -0.2) is 17.1 Å². The minimum absolute atomic E-state index is 0.244. The van der Waals surface area contributed by atoms with E-state index in [1.807, 2.05) is 43.3 Å². The minimum atomic E-state index is 0.244. The summed E-state index contributed by atoms with van der Waals surface area (Å²) < 4.78 is 11.8. The van der Waals surface area contributed by atoms with Crippen molar-refractivity contribution < 1.29 is 9.47 Å². The summed E-state index contributed by atoms with van der Waals surface area (Å²) in [7, 11) is 1.58. The number of halogens is 2. The van der Waals surface area contributed by atoms with Gasteiger partial charge in [-0.1, -0.05) is 41.4 Å². The number of ether oxygens (including phenoxy) is 2. The molecule has 0 fully saturated rings. The van der Waals surface area contributed by atoms with Gasteiger partial charge >= 0.3 is 0 Å². The smallest absolute Gasteiger partial charge is 0.165 e. The lowest BCUT2D eigenvalue weighted by atomic mass is 10.0. The second-order valence-electron chi connectivity index (χ2n) is 8.00. The van der Waals surface area contributed by atoms with Crippen molar-refractivity contribution in [1.82, 2.24) is 9.97 Å². The molecule has 0 spiro atoms. The third-order valence-electron chi connectivity index (χ3n) is 5.45. The number of fused-ring (bicyclic) bond motifs is 1. The van der Waals surface area contributed by atoms with Gasteiger partial charge in [0.15, 0.2) is 11.5 Å². The van der Waals surface area contributed by atoms with E-state index in [-0.39, 0.29) is 6.61 Å². The second-order valence-corrected chi connectivity index (χ2v) is 8.85. The molecule has 0 atom stereocenters. The number of aryl methyl sites for hydroxylation is 1. The summed E-state index contributed by atoms with van der Waals surface area (Å²) in [6, 6.07) is 17.2. The summed E-state index contributed by atoms with van der Waals surface area (Å²) in [6.45, 7) is 6.12. The van der Waals surface area contributed by atoms with E-state index in [1.165, 1.54) is 0 Å². The Balaban J connectivity index is 1.70. The molecule has 5 nitrogen and oxygen atoms in total. The fraction of sp³-hybridized carbons (Fsp3) is 0.143. The van der Waals surface area contributed by atoms with Gasteiger partial charge in [-0.2, -0.15) is 5.26 Å². The van der Waals surface area contributed by atoms with Crippen LogP contribution in [-0.2, 0) is 13.0 Å². The molecular formula is C28H23Cl2N3O2. The summed E-state index contributed by atoms with van der Waals surface area (Å²) in [5, 5.41) is 10.9. The first-order valence-corrected chi connectivity index (χ1v) is 11.6. The zero-order valence-corrected chi connectivity index (χ0v) is 20.9. The predicted octanol–water partition coefficient (Wildman–Crippen LogP) is 7.56. The molecule has 4 aromatic rings. The van der Waals surface area contributed by atoms with E-state index in [2.05, 4.69) is 22.6 Å². The van der Waals surface area contributed by atoms with Gasteiger partial charge in [0.25, 0.3) is 0 Å². The van der Waals surface area contributed by atoms with Gasteiger partial charge in [-0.05, 0) is 66.9 Å². The Hall–Kier alpha value is -3.72. The highest BCUT2D eigenvalue weighted by molar-refractivity contribution is 6.35. The van der Waals surface area contributed by atoms with Crippen LogP contribution >= 0.6 is 23.2 Å². The molecule has 7 heteroatoms. The fourth-order valence-electron chi connectivity index (χ4n) is 3.75. The predicted molar refractivity (Wildman–Crippen MR) is 142 cm³/mol. The van der Waals surface area contributed by atoms with Gasteiger partial charge in [-0.25, -0.2) is 4.98 Å². The van der Waals surface area contributed by atoms with Crippen LogP contribution in [0.25, 0.3) is 22.7 Å². The fourth-order valence-corrected chi connectivity index (χ4v) is 4.21. The molecule has 0 amide bonds. The Morgan fingerprint density at radius 2 is 1.97 bits per heavy atom. The molecule has 35 heavy (non-hydrogen) atoms.